The van der Waals surface area contributed by atoms with Crippen LogP contribution in [0.4, 0.5) is 10.1 Å². The van der Waals surface area contributed by atoms with E-state index in [1.54, 1.807) is 15.6 Å². The molecule has 0 unspecified atom stereocenters. The van der Waals surface area contributed by atoms with Crippen LogP contribution in [0.3, 0.4) is 0 Å². The lowest BCUT2D eigenvalue weighted by atomic mass is 10.3. The monoisotopic (exact) mass is 273 g/mol. The Morgan fingerprint density at radius 2 is 2.22 bits per heavy atom. The van der Waals surface area contributed by atoms with Crippen molar-refractivity contribution in [2.24, 2.45) is 7.05 Å². The van der Waals surface area contributed by atoms with Gasteiger partial charge in [-0.05, 0) is 13.0 Å². The Balaban J connectivity index is 0.00000162. The SMILES string of the molecule is Cc1c(NCc2ccn(C)n2)cnn1CCF.Cl. The van der Waals surface area contributed by atoms with E-state index >= 15 is 0 Å². The maximum Gasteiger partial charge on any atom is 0.109 e. The van der Waals surface area contributed by atoms with Crippen LogP contribution in [0.5, 0.6) is 0 Å². The van der Waals surface area contributed by atoms with Gasteiger partial charge in [-0.3, -0.25) is 9.36 Å². The molecule has 18 heavy (non-hydrogen) atoms. The highest BCUT2D eigenvalue weighted by molar-refractivity contribution is 5.85. The van der Waals surface area contributed by atoms with E-state index in [-0.39, 0.29) is 12.4 Å². The van der Waals surface area contributed by atoms with Gasteiger partial charge in [0.05, 0.1) is 36.4 Å². The van der Waals surface area contributed by atoms with Gasteiger partial charge in [-0.25, -0.2) is 4.39 Å². The number of hydrogen-bond donors (Lipinski definition) is 1. The van der Waals surface area contributed by atoms with E-state index in [9.17, 15) is 4.39 Å². The zero-order chi connectivity index (χ0) is 12.3. The van der Waals surface area contributed by atoms with Gasteiger partial charge >= 0.3 is 0 Å². The van der Waals surface area contributed by atoms with Crippen molar-refractivity contribution < 1.29 is 4.39 Å². The van der Waals surface area contributed by atoms with Crippen LogP contribution in [-0.2, 0) is 20.1 Å². The number of nitrogens with zero attached hydrogens (tertiary/aromatic N) is 4. The second kappa shape index (κ2) is 6.39. The standard InChI is InChI=1S/C11H16FN5.ClH/c1-9-11(8-14-17(9)6-4-12)13-7-10-3-5-16(2)15-10;/h3,5,8,13H,4,6-7H2,1-2H3;1H. The number of alkyl halides is 1. The normalized spacial score (nSPS) is 10.2. The highest BCUT2D eigenvalue weighted by atomic mass is 35.5. The molecule has 0 fully saturated rings. The van der Waals surface area contributed by atoms with E-state index in [1.165, 1.54) is 0 Å². The average Bonchev–Trinajstić information content (AvgIpc) is 2.86. The average molecular weight is 274 g/mol. The molecule has 0 saturated carbocycles. The van der Waals surface area contributed by atoms with E-state index in [0.717, 1.165) is 17.1 Å². The summed E-state index contributed by atoms with van der Waals surface area (Å²) < 4.78 is 15.6. The first-order valence-corrected chi connectivity index (χ1v) is 5.51. The fourth-order valence-corrected chi connectivity index (χ4v) is 1.67. The van der Waals surface area contributed by atoms with Crippen molar-refractivity contribution in [1.29, 1.82) is 0 Å². The van der Waals surface area contributed by atoms with Gasteiger partial charge in [0.25, 0.3) is 0 Å². The topological polar surface area (TPSA) is 47.7 Å². The summed E-state index contributed by atoms with van der Waals surface area (Å²) in [4.78, 5) is 0. The Labute approximate surface area is 111 Å². The van der Waals surface area contributed by atoms with Crippen LogP contribution in [0, 0.1) is 6.92 Å². The largest absolute Gasteiger partial charge is 0.377 e. The van der Waals surface area contributed by atoms with E-state index in [0.29, 0.717) is 13.1 Å². The summed E-state index contributed by atoms with van der Waals surface area (Å²) in [5, 5.41) is 11.6. The Morgan fingerprint density at radius 3 is 2.83 bits per heavy atom. The zero-order valence-corrected chi connectivity index (χ0v) is 11.2. The third-order valence-electron chi connectivity index (χ3n) is 2.63. The first-order valence-electron chi connectivity index (χ1n) is 5.51. The van der Waals surface area contributed by atoms with Crippen LogP contribution >= 0.6 is 12.4 Å². The van der Waals surface area contributed by atoms with Gasteiger partial charge in [0.15, 0.2) is 0 Å². The molecule has 0 aromatic carbocycles. The molecule has 2 aromatic heterocycles. The Kier molecular flexibility index (Phi) is 5.15. The lowest BCUT2D eigenvalue weighted by Gasteiger charge is -2.04. The van der Waals surface area contributed by atoms with Crippen LogP contribution in [0.25, 0.3) is 0 Å². The molecular weight excluding hydrogens is 257 g/mol. The quantitative estimate of drug-likeness (QED) is 0.906. The second-order valence-corrected chi connectivity index (χ2v) is 3.89. The summed E-state index contributed by atoms with van der Waals surface area (Å²) in [7, 11) is 1.88. The lowest BCUT2D eigenvalue weighted by Crippen LogP contribution is -2.05. The maximum atomic E-state index is 12.2. The van der Waals surface area contributed by atoms with Crippen molar-refractivity contribution in [2.75, 3.05) is 12.0 Å². The minimum atomic E-state index is -0.401. The van der Waals surface area contributed by atoms with Gasteiger partial charge in [0.2, 0.25) is 0 Å². The van der Waals surface area contributed by atoms with Crippen molar-refractivity contribution in [2.45, 2.75) is 20.0 Å². The summed E-state index contributed by atoms with van der Waals surface area (Å²) in [5.74, 6) is 0. The number of anilines is 1. The summed E-state index contributed by atoms with van der Waals surface area (Å²) in [6.45, 7) is 2.46. The predicted molar refractivity (Wildman–Crippen MR) is 70.7 cm³/mol. The molecule has 0 radical (unpaired) electrons. The van der Waals surface area contributed by atoms with E-state index in [4.69, 9.17) is 0 Å². The molecule has 0 atom stereocenters. The van der Waals surface area contributed by atoms with Gasteiger partial charge in [-0.2, -0.15) is 10.2 Å². The summed E-state index contributed by atoms with van der Waals surface area (Å²) >= 11 is 0. The second-order valence-electron chi connectivity index (χ2n) is 3.89. The van der Waals surface area contributed by atoms with Crippen LogP contribution in [0.1, 0.15) is 11.4 Å². The van der Waals surface area contributed by atoms with Gasteiger partial charge in [-0.1, -0.05) is 0 Å². The van der Waals surface area contributed by atoms with Crippen molar-refractivity contribution >= 4 is 18.1 Å². The van der Waals surface area contributed by atoms with E-state index in [2.05, 4.69) is 15.5 Å². The number of aryl methyl sites for hydroxylation is 2. The maximum absolute atomic E-state index is 12.2. The molecule has 0 aliphatic heterocycles. The number of rotatable bonds is 5. The van der Waals surface area contributed by atoms with Crippen LogP contribution in [-0.4, -0.2) is 26.2 Å². The van der Waals surface area contributed by atoms with Gasteiger partial charge in [0.1, 0.15) is 6.67 Å². The van der Waals surface area contributed by atoms with E-state index < -0.39 is 6.67 Å². The first-order chi connectivity index (χ1) is 8.20. The minimum Gasteiger partial charge on any atom is -0.377 e. The molecule has 100 valence electrons. The van der Waals surface area contributed by atoms with Crippen molar-refractivity contribution in [3.05, 3.63) is 29.8 Å². The zero-order valence-electron chi connectivity index (χ0n) is 10.4. The fraction of sp³-hybridized carbons (Fsp3) is 0.455. The molecule has 5 nitrogen and oxygen atoms in total. The predicted octanol–water partition coefficient (Wildman–Crippen LogP) is 1.93. The van der Waals surface area contributed by atoms with Crippen LogP contribution in [0.2, 0.25) is 0 Å². The van der Waals surface area contributed by atoms with Crippen molar-refractivity contribution in [3.63, 3.8) is 0 Å². The number of halogens is 2. The number of aromatic nitrogens is 4. The molecule has 2 aromatic rings. The third-order valence-corrected chi connectivity index (χ3v) is 2.63. The third kappa shape index (κ3) is 3.22. The number of hydrogen-bond acceptors (Lipinski definition) is 3. The molecule has 1 N–H and O–H groups in total. The molecule has 2 rings (SSSR count). The van der Waals surface area contributed by atoms with Crippen molar-refractivity contribution in [1.82, 2.24) is 19.6 Å². The van der Waals surface area contributed by atoms with Gasteiger partial charge in [0, 0.05) is 13.2 Å². The Morgan fingerprint density at radius 1 is 1.44 bits per heavy atom. The van der Waals surface area contributed by atoms with Crippen LogP contribution < -0.4 is 5.32 Å². The first kappa shape index (κ1) is 14.5. The molecule has 0 amide bonds. The van der Waals surface area contributed by atoms with E-state index in [1.807, 2.05) is 26.2 Å². The smallest absolute Gasteiger partial charge is 0.109 e. The minimum absolute atomic E-state index is 0. The van der Waals surface area contributed by atoms with Crippen LogP contribution in [0.15, 0.2) is 18.5 Å². The molecular formula is C11H17ClFN5. The lowest BCUT2D eigenvalue weighted by molar-refractivity contribution is 0.423. The molecule has 0 aliphatic carbocycles. The highest BCUT2D eigenvalue weighted by Gasteiger charge is 2.06. The van der Waals surface area contributed by atoms with Crippen molar-refractivity contribution in [3.8, 4) is 0 Å². The summed E-state index contributed by atoms with van der Waals surface area (Å²) in [6.07, 6.45) is 3.62. The molecule has 2 heterocycles. The molecule has 0 bridgehead atoms. The Hall–Kier alpha value is -1.56. The molecule has 0 saturated heterocycles. The molecule has 0 spiro atoms. The number of nitrogens with one attached hydrogen (secondary N) is 1. The summed E-state index contributed by atoms with van der Waals surface area (Å²) in [6, 6.07) is 1.95. The fourth-order valence-electron chi connectivity index (χ4n) is 1.67. The molecule has 0 aliphatic rings. The molecule has 7 heteroatoms. The Bertz CT molecular complexity index is 493. The highest BCUT2D eigenvalue weighted by Crippen LogP contribution is 2.14. The van der Waals surface area contributed by atoms with Gasteiger partial charge < -0.3 is 5.32 Å². The summed E-state index contributed by atoms with van der Waals surface area (Å²) in [5.41, 5.74) is 2.83. The van der Waals surface area contributed by atoms with Gasteiger partial charge in [-0.15, -0.1) is 12.4 Å².